The average Bonchev–Trinajstić information content (AvgIpc) is 2.69. The topological polar surface area (TPSA) is 77.8 Å². The Morgan fingerprint density at radius 2 is 2.29 bits per heavy atom. The number of nitrogens with one attached hydrogen (secondary N) is 1. The lowest BCUT2D eigenvalue weighted by Gasteiger charge is -2.05. The van der Waals surface area contributed by atoms with Crippen LogP contribution < -0.4 is 10.1 Å². The first-order chi connectivity index (χ1) is 8.19. The molecule has 0 atom stereocenters. The van der Waals surface area contributed by atoms with Crippen LogP contribution in [0.1, 0.15) is 6.92 Å². The molecule has 0 bridgehead atoms. The van der Waals surface area contributed by atoms with E-state index in [4.69, 9.17) is 4.74 Å². The second kappa shape index (κ2) is 5.09. The number of halogens is 1. The highest BCUT2D eigenvalue weighted by molar-refractivity contribution is 9.10. The van der Waals surface area contributed by atoms with Gasteiger partial charge in [0.25, 0.3) is 0 Å². The summed E-state index contributed by atoms with van der Waals surface area (Å²) in [7, 11) is 1.76. The first kappa shape index (κ1) is 11.8. The SMILES string of the molecule is CCNc1ncc(Br)c(Oc2ncn(C)n2)n1. The molecule has 0 saturated heterocycles. The second-order valence-corrected chi connectivity index (χ2v) is 4.03. The standard InChI is InChI=1S/C9H11BrN6O/c1-3-11-8-12-4-6(10)7(14-8)17-9-13-5-16(2)15-9/h4-5H,3H2,1-2H3,(H,11,12,14). The monoisotopic (exact) mass is 298 g/mol. The first-order valence-corrected chi connectivity index (χ1v) is 5.78. The van der Waals surface area contributed by atoms with Gasteiger partial charge in [0.2, 0.25) is 11.8 Å². The summed E-state index contributed by atoms with van der Waals surface area (Å²) in [5, 5.41) is 7.00. The Morgan fingerprint density at radius 1 is 1.47 bits per heavy atom. The number of hydrogen-bond acceptors (Lipinski definition) is 6. The number of rotatable bonds is 4. The van der Waals surface area contributed by atoms with Gasteiger partial charge in [0.1, 0.15) is 6.33 Å². The molecule has 17 heavy (non-hydrogen) atoms. The van der Waals surface area contributed by atoms with E-state index < -0.39 is 0 Å². The van der Waals surface area contributed by atoms with Gasteiger partial charge in [-0.3, -0.25) is 4.68 Å². The van der Waals surface area contributed by atoms with Crippen LogP contribution in [0.4, 0.5) is 5.95 Å². The Bertz CT molecular complexity index is 514. The van der Waals surface area contributed by atoms with Crippen LogP contribution in [0.25, 0.3) is 0 Å². The lowest BCUT2D eigenvalue weighted by atomic mass is 10.6. The molecule has 0 spiro atoms. The fraction of sp³-hybridized carbons (Fsp3) is 0.333. The molecular formula is C9H11BrN6O. The maximum Gasteiger partial charge on any atom is 0.342 e. The van der Waals surface area contributed by atoms with E-state index in [0.717, 1.165) is 6.54 Å². The van der Waals surface area contributed by atoms with Crippen LogP contribution in [-0.4, -0.2) is 31.3 Å². The van der Waals surface area contributed by atoms with Crippen LogP contribution in [0.5, 0.6) is 11.9 Å². The van der Waals surface area contributed by atoms with Crippen molar-refractivity contribution in [3.05, 3.63) is 17.0 Å². The third kappa shape index (κ3) is 2.90. The summed E-state index contributed by atoms with van der Waals surface area (Å²) in [5.74, 6) is 0.879. The van der Waals surface area contributed by atoms with E-state index >= 15 is 0 Å². The van der Waals surface area contributed by atoms with Gasteiger partial charge in [-0.15, -0.1) is 5.10 Å². The minimum Gasteiger partial charge on any atom is -0.403 e. The van der Waals surface area contributed by atoms with Crippen LogP contribution in [-0.2, 0) is 7.05 Å². The van der Waals surface area contributed by atoms with Crippen molar-refractivity contribution < 1.29 is 4.74 Å². The summed E-state index contributed by atoms with van der Waals surface area (Å²) in [6.45, 7) is 2.70. The van der Waals surface area contributed by atoms with E-state index in [1.165, 1.54) is 0 Å². The maximum atomic E-state index is 5.44. The van der Waals surface area contributed by atoms with Crippen molar-refractivity contribution in [1.82, 2.24) is 24.7 Å². The molecule has 0 radical (unpaired) electrons. The minimum absolute atomic E-state index is 0.245. The van der Waals surface area contributed by atoms with Crippen LogP contribution >= 0.6 is 15.9 Å². The van der Waals surface area contributed by atoms with Crippen LogP contribution in [0, 0.1) is 0 Å². The number of anilines is 1. The Balaban J connectivity index is 2.22. The maximum absolute atomic E-state index is 5.44. The van der Waals surface area contributed by atoms with Crippen molar-refractivity contribution >= 4 is 21.9 Å². The third-order valence-electron chi connectivity index (χ3n) is 1.81. The number of aryl methyl sites for hydroxylation is 1. The van der Waals surface area contributed by atoms with Gasteiger partial charge >= 0.3 is 6.01 Å². The zero-order valence-corrected chi connectivity index (χ0v) is 11.0. The van der Waals surface area contributed by atoms with E-state index in [2.05, 4.69) is 41.3 Å². The Hall–Kier alpha value is -1.70. The van der Waals surface area contributed by atoms with Crippen molar-refractivity contribution in [3.8, 4) is 11.9 Å². The summed E-state index contributed by atoms with van der Waals surface area (Å²) in [4.78, 5) is 12.2. The van der Waals surface area contributed by atoms with Gasteiger partial charge < -0.3 is 10.1 Å². The molecule has 0 aliphatic heterocycles. The smallest absolute Gasteiger partial charge is 0.342 e. The molecule has 0 aliphatic carbocycles. The van der Waals surface area contributed by atoms with E-state index in [1.54, 1.807) is 24.3 Å². The van der Waals surface area contributed by atoms with Crippen molar-refractivity contribution in [2.75, 3.05) is 11.9 Å². The third-order valence-corrected chi connectivity index (χ3v) is 2.36. The molecule has 90 valence electrons. The summed E-state index contributed by atoms with van der Waals surface area (Å²) in [6, 6.07) is 0.245. The van der Waals surface area contributed by atoms with E-state index in [9.17, 15) is 0 Å². The normalized spacial score (nSPS) is 10.3. The number of hydrogen-bond donors (Lipinski definition) is 1. The van der Waals surface area contributed by atoms with Crippen LogP contribution in [0.2, 0.25) is 0 Å². The van der Waals surface area contributed by atoms with E-state index in [0.29, 0.717) is 16.3 Å². The highest BCUT2D eigenvalue weighted by Gasteiger charge is 2.09. The van der Waals surface area contributed by atoms with Gasteiger partial charge in [-0.25, -0.2) is 4.98 Å². The summed E-state index contributed by atoms with van der Waals surface area (Å²) < 4.78 is 7.63. The lowest BCUT2D eigenvalue weighted by Crippen LogP contribution is -2.03. The lowest BCUT2D eigenvalue weighted by molar-refractivity contribution is 0.419. The summed E-state index contributed by atoms with van der Waals surface area (Å²) in [6.07, 6.45) is 3.17. The zero-order chi connectivity index (χ0) is 12.3. The van der Waals surface area contributed by atoms with Crippen LogP contribution in [0.3, 0.4) is 0 Å². The minimum atomic E-state index is 0.245. The van der Waals surface area contributed by atoms with Gasteiger partial charge in [0, 0.05) is 13.6 Å². The molecule has 8 heteroatoms. The predicted octanol–water partition coefficient (Wildman–Crippen LogP) is 1.59. The van der Waals surface area contributed by atoms with Crippen LogP contribution in [0.15, 0.2) is 17.0 Å². The average molecular weight is 299 g/mol. The number of ether oxygens (including phenoxy) is 1. The van der Waals surface area contributed by atoms with Crippen molar-refractivity contribution in [3.63, 3.8) is 0 Å². The van der Waals surface area contributed by atoms with Crippen molar-refractivity contribution in [1.29, 1.82) is 0 Å². The fourth-order valence-corrected chi connectivity index (χ4v) is 1.39. The molecule has 2 heterocycles. The van der Waals surface area contributed by atoms with Gasteiger partial charge in [0.05, 0.1) is 10.7 Å². The van der Waals surface area contributed by atoms with E-state index in [1.807, 2.05) is 6.92 Å². The molecule has 0 unspecified atom stereocenters. The van der Waals surface area contributed by atoms with E-state index in [-0.39, 0.29) is 6.01 Å². The highest BCUT2D eigenvalue weighted by Crippen LogP contribution is 2.25. The molecule has 0 aromatic carbocycles. The second-order valence-electron chi connectivity index (χ2n) is 3.18. The van der Waals surface area contributed by atoms with Crippen molar-refractivity contribution in [2.24, 2.45) is 7.05 Å². The largest absolute Gasteiger partial charge is 0.403 e. The molecule has 0 saturated carbocycles. The summed E-state index contributed by atoms with van der Waals surface area (Å²) in [5.41, 5.74) is 0. The van der Waals surface area contributed by atoms with Gasteiger partial charge in [-0.1, -0.05) is 0 Å². The molecule has 2 rings (SSSR count). The Kier molecular flexibility index (Phi) is 3.52. The molecule has 2 aromatic heterocycles. The summed E-state index contributed by atoms with van der Waals surface area (Å²) >= 11 is 3.31. The molecule has 0 aliphatic rings. The molecule has 0 fully saturated rings. The molecule has 0 amide bonds. The molecule has 7 nitrogen and oxygen atoms in total. The number of nitrogens with zero attached hydrogens (tertiary/aromatic N) is 5. The van der Waals surface area contributed by atoms with Crippen molar-refractivity contribution in [2.45, 2.75) is 6.92 Å². The first-order valence-electron chi connectivity index (χ1n) is 4.99. The highest BCUT2D eigenvalue weighted by atomic mass is 79.9. The quantitative estimate of drug-likeness (QED) is 0.923. The Labute approximate surface area is 106 Å². The fourth-order valence-electron chi connectivity index (χ4n) is 1.12. The zero-order valence-electron chi connectivity index (χ0n) is 9.38. The van der Waals surface area contributed by atoms with Gasteiger partial charge in [0.15, 0.2) is 0 Å². The molecular weight excluding hydrogens is 288 g/mol. The van der Waals surface area contributed by atoms with Gasteiger partial charge in [-0.05, 0) is 22.9 Å². The number of aromatic nitrogens is 5. The molecule has 2 aromatic rings. The predicted molar refractivity (Wildman–Crippen MR) is 65.0 cm³/mol. The molecule has 1 N–H and O–H groups in total. The Morgan fingerprint density at radius 3 is 2.94 bits per heavy atom. The van der Waals surface area contributed by atoms with Gasteiger partial charge in [-0.2, -0.15) is 9.97 Å².